The molecular formula is C22H16ClF3O. The summed E-state index contributed by atoms with van der Waals surface area (Å²) in [4.78, 5) is 0. The molecule has 1 aliphatic rings. The predicted molar refractivity (Wildman–Crippen MR) is 101 cm³/mol. The van der Waals surface area contributed by atoms with E-state index < -0.39 is 11.8 Å². The van der Waals surface area contributed by atoms with Crippen LogP contribution in [0.25, 0.3) is 22.3 Å². The summed E-state index contributed by atoms with van der Waals surface area (Å²) in [6.45, 7) is 4.12. The van der Waals surface area contributed by atoms with Crippen molar-refractivity contribution in [1.29, 1.82) is 0 Å². The minimum absolute atomic E-state index is 0.223. The standard InChI is InChI=1S/C22H16ClF3O/c1-21(2)19-10-14(23)8-9-16(19)18-12-15(27-22(24,25)26)11-17(20(18)21)13-6-4-3-5-7-13/h3-12H,1-2H3. The molecule has 0 aliphatic heterocycles. The van der Waals surface area contributed by atoms with Crippen LogP contribution in [0.15, 0.2) is 60.7 Å². The SMILES string of the molecule is CC1(C)c2cc(Cl)ccc2-c2cc(OC(F)(F)F)cc(-c3ccccc3)c21. The van der Waals surface area contributed by atoms with Gasteiger partial charge in [0.15, 0.2) is 0 Å². The molecule has 5 heteroatoms. The minimum Gasteiger partial charge on any atom is -0.406 e. The zero-order valence-electron chi connectivity index (χ0n) is 14.7. The normalized spacial score (nSPS) is 14.6. The highest BCUT2D eigenvalue weighted by Gasteiger charge is 2.39. The van der Waals surface area contributed by atoms with Gasteiger partial charge in [0, 0.05) is 10.4 Å². The molecule has 0 bridgehead atoms. The molecule has 0 saturated heterocycles. The monoisotopic (exact) mass is 388 g/mol. The minimum atomic E-state index is -4.75. The number of halogens is 4. The molecule has 0 atom stereocenters. The van der Waals surface area contributed by atoms with Crippen LogP contribution in [0.5, 0.6) is 5.75 Å². The lowest BCUT2D eigenvalue weighted by molar-refractivity contribution is -0.274. The maximum Gasteiger partial charge on any atom is 0.573 e. The van der Waals surface area contributed by atoms with Gasteiger partial charge in [0.2, 0.25) is 0 Å². The molecule has 0 N–H and O–H groups in total. The fraction of sp³-hybridized carbons (Fsp3) is 0.182. The van der Waals surface area contributed by atoms with Crippen molar-refractivity contribution < 1.29 is 17.9 Å². The van der Waals surface area contributed by atoms with E-state index in [1.807, 2.05) is 42.5 Å². The number of ether oxygens (including phenoxy) is 1. The van der Waals surface area contributed by atoms with Crippen LogP contribution in [0, 0.1) is 0 Å². The molecule has 1 aliphatic carbocycles. The summed E-state index contributed by atoms with van der Waals surface area (Å²) in [7, 11) is 0. The Hall–Kier alpha value is -2.46. The van der Waals surface area contributed by atoms with Gasteiger partial charge in [0.25, 0.3) is 0 Å². The molecule has 0 radical (unpaired) electrons. The fourth-order valence-corrected chi connectivity index (χ4v) is 4.11. The van der Waals surface area contributed by atoms with Crippen molar-refractivity contribution in [3.8, 4) is 28.0 Å². The molecule has 0 saturated carbocycles. The average molecular weight is 389 g/mol. The summed E-state index contributed by atoms with van der Waals surface area (Å²) in [5.74, 6) is -0.223. The van der Waals surface area contributed by atoms with E-state index in [1.54, 1.807) is 6.07 Å². The summed E-state index contributed by atoms with van der Waals surface area (Å²) in [6, 6.07) is 17.8. The largest absolute Gasteiger partial charge is 0.573 e. The lowest BCUT2D eigenvalue weighted by Gasteiger charge is -2.25. The van der Waals surface area contributed by atoms with Gasteiger partial charge in [-0.05, 0) is 57.6 Å². The number of benzene rings is 3. The first-order valence-corrected chi connectivity index (χ1v) is 8.85. The van der Waals surface area contributed by atoms with Crippen LogP contribution in [0.1, 0.15) is 25.0 Å². The molecule has 0 aromatic heterocycles. The van der Waals surface area contributed by atoms with Crippen molar-refractivity contribution in [2.45, 2.75) is 25.6 Å². The van der Waals surface area contributed by atoms with Crippen molar-refractivity contribution in [3.63, 3.8) is 0 Å². The van der Waals surface area contributed by atoms with E-state index in [9.17, 15) is 13.2 Å². The Morgan fingerprint density at radius 1 is 0.852 bits per heavy atom. The number of rotatable bonds is 2. The lowest BCUT2D eigenvalue weighted by Crippen LogP contribution is -2.18. The number of fused-ring (bicyclic) bond motifs is 3. The molecular weight excluding hydrogens is 373 g/mol. The average Bonchev–Trinajstić information content (AvgIpc) is 2.81. The number of hydrogen-bond acceptors (Lipinski definition) is 1. The van der Waals surface area contributed by atoms with E-state index in [4.69, 9.17) is 11.6 Å². The number of hydrogen-bond donors (Lipinski definition) is 0. The summed E-state index contributed by atoms with van der Waals surface area (Å²) in [5, 5.41) is 0.600. The summed E-state index contributed by atoms with van der Waals surface area (Å²) in [6.07, 6.45) is -4.75. The first-order chi connectivity index (χ1) is 12.7. The third-order valence-electron chi connectivity index (χ3n) is 5.00. The Kier molecular flexibility index (Phi) is 4.00. The van der Waals surface area contributed by atoms with Gasteiger partial charge in [-0.25, -0.2) is 0 Å². The quantitative estimate of drug-likeness (QED) is 0.450. The third kappa shape index (κ3) is 3.08. The van der Waals surface area contributed by atoms with Gasteiger partial charge in [-0.15, -0.1) is 13.2 Å². The maximum absolute atomic E-state index is 12.9. The highest BCUT2D eigenvalue weighted by atomic mass is 35.5. The Labute approximate surface area is 160 Å². The highest BCUT2D eigenvalue weighted by molar-refractivity contribution is 6.30. The Morgan fingerprint density at radius 2 is 1.52 bits per heavy atom. The molecule has 4 rings (SSSR count). The highest BCUT2D eigenvalue weighted by Crippen LogP contribution is 2.54. The molecule has 0 unspecified atom stereocenters. The van der Waals surface area contributed by atoms with E-state index in [0.29, 0.717) is 5.02 Å². The van der Waals surface area contributed by atoms with Crippen LogP contribution >= 0.6 is 11.6 Å². The van der Waals surface area contributed by atoms with Crippen molar-refractivity contribution in [1.82, 2.24) is 0 Å². The zero-order valence-corrected chi connectivity index (χ0v) is 15.4. The molecule has 3 aromatic rings. The van der Waals surface area contributed by atoms with Crippen LogP contribution in [-0.4, -0.2) is 6.36 Å². The lowest BCUT2D eigenvalue weighted by atomic mass is 9.79. The van der Waals surface area contributed by atoms with Crippen molar-refractivity contribution in [2.75, 3.05) is 0 Å². The molecule has 3 aromatic carbocycles. The van der Waals surface area contributed by atoms with Gasteiger partial charge in [-0.3, -0.25) is 0 Å². The Morgan fingerprint density at radius 3 is 2.19 bits per heavy atom. The van der Waals surface area contributed by atoms with Gasteiger partial charge >= 0.3 is 6.36 Å². The Balaban J connectivity index is 2.03. The first-order valence-electron chi connectivity index (χ1n) is 8.47. The van der Waals surface area contributed by atoms with Crippen LogP contribution in [0.4, 0.5) is 13.2 Å². The van der Waals surface area contributed by atoms with E-state index >= 15 is 0 Å². The van der Waals surface area contributed by atoms with Gasteiger partial charge < -0.3 is 4.74 Å². The van der Waals surface area contributed by atoms with Crippen molar-refractivity contribution >= 4 is 11.6 Å². The van der Waals surface area contributed by atoms with Gasteiger partial charge in [0.1, 0.15) is 5.75 Å². The van der Waals surface area contributed by atoms with E-state index in [0.717, 1.165) is 33.4 Å². The van der Waals surface area contributed by atoms with Crippen molar-refractivity contribution in [2.24, 2.45) is 0 Å². The van der Waals surface area contributed by atoms with Crippen LogP contribution in [0.3, 0.4) is 0 Å². The zero-order chi connectivity index (χ0) is 19.4. The van der Waals surface area contributed by atoms with E-state index in [-0.39, 0.29) is 5.75 Å². The molecule has 0 spiro atoms. The van der Waals surface area contributed by atoms with Gasteiger partial charge in [-0.2, -0.15) is 0 Å². The summed E-state index contributed by atoms with van der Waals surface area (Å²) in [5.41, 5.74) is 4.75. The number of alkyl halides is 3. The summed E-state index contributed by atoms with van der Waals surface area (Å²) < 4.78 is 42.9. The van der Waals surface area contributed by atoms with Crippen LogP contribution < -0.4 is 4.74 Å². The van der Waals surface area contributed by atoms with Crippen molar-refractivity contribution in [3.05, 3.63) is 76.8 Å². The first kappa shape index (κ1) is 17.9. The second-order valence-corrected chi connectivity index (χ2v) is 7.56. The smallest absolute Gasteiger partial charge is 0.406 e. The van der Waals surface area contributed by atoms with Crippen LogP contribution in [-0.2, 0) is 5.41 Å². The van der Waals surface area contributed by atoms with Gasteiger partial charge in [-0.1, -0.05) is 61.8 Å². The maximum atomic E-state index is 12.9. The Bertz CT molecular complexity index is 1020. The van der Waals surface area contributed by atoms with Crippen LogP contribution in [0.2, 0.25) is 5.02 Å². The molecule has 27 heavy (non-hydrogen) atoms. The molecule has 138 valence electrons. The molecule has 0 heterocycles. The second-order valence-electron chi connectivity index (χ2n) is 7.12. The molecule has 1 nitrogen and oxygen atoms in total. The third-order valence-corrected chi connectivity index (χ3v) is 5.24. The second kappa shape index (κ2) is 6.03. The molecule has 0 fully saturated rings. The topological polar surface area (TPSA) is 9.23 Å². The predicted octanol–water partition coefficient (Wildman–Crippen LogP) is 7.21. The molecule has 0 amide bonds. The van der Waals surface area contributed by atoms with E-state index in [1.165, 1.54) is 12.1 Å². The van der Waals surface area contributed by atoms with Gasteiger partial charge in [0.05, 0.1) is 0 Å². The van der Waals surface area contributed by atoms with E-state index in [2.05, 4.69) is 18.6 Å². The summed E-state index contributed by atoms with van der Waals surface area (Å²) >= 11 is 6.20. The fourth-order valence-electron chi connectivity index (χ4n) is 3.94.